The molecule has 0 unspecified atom stereocenters. The summed E-state index contributed by atoms with van der Waals surface area (Å²) in [5, 5.41) is 6.00. The van der Waals surface area contributed by atoms with E-state index in [1.807, 2.05) is 57.7 Å². The number of nitrogens with zero attached hydrogens (tertiary/aromatic N) is 1. The number of carbonyl (C=O) groups excluding carboxylic acids is 3. The maximum absolute atomic E-state index is 13.0. The van der Waals surface area contributed by atoms with Gasteiger partial charge in [-0.3, -0.25) is 14.4 Å². The lowest BCUT2D eigenvalue weighted by Crippen LogP contribution is -2.55. The third-order valence-electron chi connectivity index (χ3n) is 5.78. The molecule has 2 rings (SSSR count). The molecule has 1 heterocycles. The number of benzene rings is 1. The predicted molar refractivity (Wildman–Crippen MR) is 114 cm³/mol. The van der Waals surface area contributed by atoms with Crippen molar-refractivity contribution >= 4 is 17.7 Å². The molecule has 0 saturated carbocycles. The fraction of sp³-hybridized carbons (Fsp3) is 0.609. The Kier molecular flexibility index (Phi) is 8.23. The molecule has 0 spiro atoms. The van der Waals surface area contributed by atoms with Crippen LogP contribution in [0.1, 0.15) is 62.9 Å². The zero-order valence-electron chi connectivity index (χ0n) is 18.3. The molecule has 29 heavy (non-hydrogen) atoms. The van der Waals surface area contributed by atoms with Gasteiger partial charge in [-0.15, -0.1) is 0 Å². The van der Waals surface area contributed by atoms with Crippen molar-refractivity contribution in [2.75, 3.05) is 13.1 Å². The SMILES string of the molecule is CC[C@H](C)NC(=O)[C@H](NC(=O)c1ccccc1C)C1CCN(C(=O)C(C)C)CC1. The third kappa shape index (κ3) is 6.05. The van der Waals surface area contributed by atoms with E-state index in [1.165, 1.54) is 0 Å². The average molecular weight is 402 g/mol. The highest BCUT2D eigenvalue weighted by Crippen LogP contribution is 2.23. The first-order valence-electron chi connectivity index (χ1n) is 10.7. The molecule has 1 saturated heterocycles. The Balaban J connectivity index is 2.13. The van der Waals surface area contributed by atoms with Crippen LogP contribution in [0, 0.1) is 18.8 Å². The summed E-state index contributed by atoms with van der Waals surface area (Å²) >= 11 is 0. The molecule has 0 aromatic heterocycles. The topological polar surface area (TPSA) is 78.5 Å². The lowest BCUT2D eigenvalue weighted by molar-refractivity contribution is -0.136. The maximum Gasteiger partial charge on any atom is 0.252 e. The zero-order valence-corrected chi connectivity index (χ0v) is 18.3. The molecule has 6 nitrogen and oxygen atoms in total. The Morgan fingerprint density at radius 1 is 1.07 bits per heavy atom. The second kappa shape index (κ2) is 10.4. The van der Waals surface area contributed by atoms with Crippen molar-refractivity contribution in [1.29, 1.82) is 0 Å². The normalized spacial score (nSPS) is 17.0. The van der Waals surface area contributed by atoms with E-state index in [-0.39, 0.29) is 35.6 Å². The molecule has 1 aromatic rings. The number of nitrogens with one attached hydrogen (secondary N) is 2. The van der Waals surface area contributed by atoms with Crippen LogP contribution in [0.25, 0.3) is 0 Å². The van der Waals surface area contributed by atoms with Crippen LogP contribution in [0.2, 0.25) is 0 Å². The van der Waals surface area contributed by atoms with Crippen molar-refractivity contribution in [2.24, 2.45) is 11.8 Å². The number of likely N-dealkylation sites (tertiary alicyclic amines) is 1. The van der Waals surface area contributed by atoms with Gasteiger partial charge in [-0.2, -0.15) is 0 Å². The second-order valence-electron chi connectivity index (χ2n) is 8.40. The highest BCUT2D eigenvalue weighted by molar-refractivity contribution is 5.98. The van der Waals surface area contributed by atoms with E-state index in [0.29, 0.717) is 31.5 Å². The number of hydrogen-bond donors (Lipinski definition) is 2. The van der Waals surface area contributed by atoms with Gasteiger partial charge in [0.05, 0.1) is 0 Å². The Labute approximate surface area is 174 Å². The zero-order chi connectivity index (χ0) is 21.6. The van der Waals surface area contributed by atoms with Gasteiger partial charge in [0.2, 0.25) is 11.8 Å². The van der Waals surface area contributed by atoms with Gasteiger partial charge in [-0.05, 0) is 50.7 Å². The summed E-state index contributed by atoms with van der Waals surface area (Å²) in [6.07, 6.45) is 2.22. The standard InChI is InChI=1S/C23H35N3O3/c1-6-17(5)24-22(28)20(25-21(27)19-10-8-7-9-16(19)4)18-11-13-26(14-12-18)23(29)15(2)3/h7-10,15,17-18,20H,6,11-14H2,1-5H3,(H,24,28)(H,25,27)/t17-,20+/m0/s1. The molecule has 1 aliphatic heterocycles. The number of hydrogen-bond acceptors (Lipinski definition) is 3. The van der Waals surface area contributed by atoms with Crippen LogP contribution in [0.5, 0.6) is 0 Å². The van der Waals surface area contributed by atoms with Crippen LogP contribution in [-0.4, -0.2) is 47.8 Å². The molecule has 1 aliphatic rings. The van der Waals surface area contributed by atoms with Gasteiger partial charge in [-0.25, -0.2) is 0 Å². The first-order valence-corrected chi connectivity index (χ1v) is 10.7. The van der Waals surface area contributed by atoms with E-state index in [9.17, 15) is 14.4 Å². The summed E-state index contributed by atoms with van der Waals surface area (Å²) in [6.45, 7) is 10.9. The van der Waals surface area contributed by atoms with Gasteiger partial charge in [-0.1, -0.05) is 39.0 Å². The fourth-order valence-corrected chi connectivity index (χ4v) is 3.70. The van der Waals surface area contributed by atoms with Crippen molar-refractivity contribution in [3.05, 3.63) is 35.4 Å². The Morgan fingerprint density at radius 2 is 1.69 bits per heavy atom. The van der Waals surface area contributed by atoms with E-state index in [4.69, 9.17) is 0 Å². The number of aryl methyl sites for hydroxylation is 1. The minimum absolute atomic E-state index is 0.00300. The second-order valence-corrected chi connectivity index (χ2v) is 8.40. The van der Waals surface area contributed by atoms with E-state index < -0.39 is 6.04 Å². The molecule has 2 N–H and O–H groups in total. The van der Waals surface area contributed by atoms with E-state index in [0.717, 1.165) is 12.0 Å². The fourth-order valence-electron chi connectivity index (χ4n) is 3.70. The van der Waals surface area contributed by atoms with Crippen LogP contribution in [0.3, 0.4) is 0 Å². The van der Waals surface area contributed by atoms with Crippen molar-refractivity contribution < 1.29 is 14.4 Å². The largest absolute Gasteiger partial charge is 0.352 e. The molecule has 0 aliphatic carbocycles. The van der Waals surface area contributed by atoms with Crippen LogP contribution in [0.4, 0.5) is 0 Å². The van der Waals surface area contributed by atoms with E-state index in [1.54, 1.807) is 6.07 Å². The first kappa shape index (κ1) is 22.9. The predicted octanol–water partition coefficient (Wildman–Crippen LogP) is 2.90. The summed E-state index contributed by atoms with van der Waals surface area (Å²) in [5.74, 6) is -0.254. The smallest absolute Gasteiger partial charge is 0.252 e. The summed E-state index contributed by atoms with van der Waals surface area (Å²) in [7, 11) is 0. The molecular weight excluding hydrogens is 366 g/mol. The Bertz CT molecular complexity index is 724. The minimum Gasteiger partial charge on any atom is -0.352 e. The number of piperidine rings is 1. The highest BCUT2D eigenvalue weighted by Gasteiger charge is 2.34. The monoisotopic (exact) mass is 401 g/mol. The summed E-state index contributed by atoms with van der Waals surface area (Å²) in [6, 6.07) is 6.82. The molecule has 1 aromatic carbocycles. The lowest BCUT2D eigenvalue weighted by Gasteiger charge is -2.36. The molecule has 160 valence electrons. The van der Waals surface area contributed by atoms with Gasteiger partial charge in [0.1, 0.15) is 6.04 Å². The molecule has 6 heteroatoms. The molecular formula is C23H35N3O3. The van der Waals surface area contributed by atoms with Crippen LogP contribution in [-0.2, 0) is 9.59 Å². The van der Waals surface area contributed by atoms with Gasteiger partial charge < -0.3 is 15.5 Å². The Morgan fingerprint density at radius 3 is 2.24 bits per heavy atom. The van der Waals surface area contributed by atoms with Gasteiger partial charge in [0.25, 0.3) is 5.91 Å². The molecule has 3 amide bonds. The quantitative estimate of drug-likeness (QED) is 0.737. The highest BCUT2D eigenvalue weighted by atomic mass is 16.2. The van der Waals surface area contributed by atoms with Gasteiger partial charge in [0.15, 0.2) is 0 Å². The minimum atomic E-state index is -0.604. The van der Waals surface area contributed by atoms with Crippen LogP contribution >= 0.6 is 0 Å². The van der Waals surface area contributed by atoms with Crippen molar-refractivity contribution in [3.63, 3.8) is 0 Å². The maximum atomic E-state index is 13.0. The van der Waals surface area contributed by atoms with Gasteiger partial charge >= 0.3 is 0 Å². The Hall–Kier alpha value is -2.37. The lowest BCUT2D eigenvalue weighted by atomic mass is 9.87. The van der Waals surface area contributed by atoms with Gasteiger partial charge in [0, 0.05) is 30.6 Å². The van der Waals surface area contributed by atoms with Crippen molar-refractivity contribution in [1.82, 2.24) is 15.5 Å². The molecule has 0 radical (unpaired) electrons. The summed E-state index contributed by atoms with van der Waals surface area (Å²) < 4.78 is 0. The number of amides is 3. The van der Waals surface area contributed by atoms with E-state index in [2.05, 4.69) is 10.6 Å². The third-order valence-corrected chi connectivity index (χ3v) is 5.78. The van der Waals surface area contributed by atoms with Crippen LogP contribution < -0.4 is 10.6 Å². The average Bonchev–Trinajstić information content (AvgIpc) is 2.71. The van der Waals surface area contributed by atoms with Crippen molar-refractivity contribution in [2.45, 2.75) is 66.0 Å². The van der Waals surface area contributed by atoms with Crippen molar-refractivity contribution in [3.8, 4) is 0 Å². The molecule has 1 fully saturated rings. The van der Waals surface area contributed by atoms with E-state index >= 15 is 0 Å². The molecule has 2 atom stereocenters. The number of carbonyl (C=O) groups is 3. The first-order chi connectivity index (χ1) is 13.7. The molecule has 0 bridgehead atoms. The summed E-state index contributed by atoms with van der Waals surface area (Å²) in [4.78, 5) is 40.0. The summed E-state index contributed by atoms with van der Waals surface area (Å²) in [5.41, 5.74) is 1.46. The number of rotatable bonds is 7. The van der Waals surface area contributed by atoms with Crippen LogP contribution in [0.15, 0.2) is 24.3 Å².